The monoisotopic (exact) mass is 142 g/mol. The summed E-state index contributed by atoms with van der Waals surface area (Å²) in [6, 6.07) is 0. The molecule has 2 nitrogen and oxygen atoms in total. The number of hydrogen-bond acceptors (Lipinski definition) is 2. The molecule has 0 radical (unpaired) electrons. The van der Waals surface area contributed by atoms with Gasteiger partial charge >= 0.3 is 0 Å². The van der Waals surface area contributed by atoms with Crippen molar-refractivity contribution in [3.63, 3.8) is 0 Å². The smallest absolute Gasteiger partial charge is 0.0383 e. The van der Waals surface area contributed by atoms with Gasteiger partial charge < -0.3 is 5.73 Å². The number of unbranched alkanes of at least 4 members (excludes halogenated alkanes) is 1. The number of nitrogens with two attached hydrogens (primary N) is 1. The van der Waals surface area contributed by atoms with Gasteiger partial charge in [0.2, 0.25) is 0 Å². The molecule has 0 aromatic heterocycles. The Morgan fingerprint density at radius 1 is 1.50 bits per heavy atom. The van der Waals surface area contributed by atoms with Crippen molar-refractivity contribution in [3.05, 3.63) is 0 Å². The van der Waals surface area contributed by atoms with Crippen LogP contribution in [0.4, 0.5) is 0 Å². The summed E-state index contributed by atoms with van der Waals surface area (Å²) < 4.78 is 0. The first-order valence-electron chi connectivity index (χ1n) is 4.15. The predicted octanol–water partition coefficient (Wildman–Crippen LogP) is 0.820. The summed E-state index contributed by atoms with van der Waals surface area (Å²) in [5, 5.41) is 0. The van der Waals surface area contributed by atoms with E-state index in [0.29, 0.717) is 0 Å². The van der Waals surface area contributed by atoms with E-state index in [2.05, 4.69) is 18.7 Å². The number of hydrogen-bond donors (Lipinski definition) is 1. The summed E-state index contributed by atoms with van der Waals surface area (Å²) in [6.07, 6.45) is 2.61. The highest BCUT2D eigenvalue weighted by Gasteiger charge is 2.33. The molecule has 0 amide bonds. The van der Waals surface area contributed by atoms with Crippen molar-refractivity contribution in [1.82, 2.24) is 4.90 Å². The van der Waals surface area contributed by atoms with E-state index in [0.717, 1.165) is 13.1 Å². The fraction of sp³-hybridized carbons (Fsp3) is 1.00. The van der Waals surface area contributed by atoms with Crippen LogP contribution >= 0.6 is 0 Å². The van der Waals surface area contributed by atoms with Crippen molar-refractivity contribution < 1.29 is 0 Å². The van der Waals surface area contributed by atoms with Gasteiger partial charge in [0.05, 0.1) is 0 Å². The lowest BCUT2D eigenvalue weighted by atomic mass is 9.94. The minimum Gasteiger partial charge on any atom is -0.323 e. The topological polar surface area (TPSA) is 29.3 Å². The zero-order valence-electron chi connectivity index (χ0n) is 7.06. The molecule has 1 rings (SSSR count). The molecule has 1 aliphatic heterocycles. The molecule has 1 aliphatic rings. The molecule has 0 saturated carbocycles. The zero-order valence-corrected chi connectivity index (χ0v) is 7.06. The standard InChI is InChI=1S/C8H18N2/c1-3-4-5-10-6-8(2,9)7-10/h3-7,9H2,1-2H3. The van der Waals surface area contributed by atoms with E-state index in [1.165, 1.54) is 19.4 Å². The van der Waals surface area contributed by atoms with Crippen molar-refractivity contribution in [1.29, 1.82) is 0 Å². The first kappa shape index (κ1) is 8.02. The van der Waals surface area contributed by atoms with Crippen LogP contribution in [0.15, 0.2) is 0 Å². The quantitative estimate of drug-likeness (QED) is 0.632. The number of likely N-dealkylation sites (tertiary alicyclic amines) is 1. The van der Waals surface area contributed by atoms with Gasteiger partial charge in [0.25, 0.3) is 0 Å². The molecular formula is C8H18N2. The molecule has 2 heteroatoms. The Kier molecular flexibility index (Phi) is 2.32. The van der Waals surface area contributed by atoms with Crippen LogP contribution in [0.25, 0.3) is 0 Å². The van der Waals surface area contributed by atoms with Crippen molar-refractivity contribution in [2.45, 2.75) is 32.2 Å². The minimum atomic E-state index is 0.119. The van der Waals surface area contributed by atoms with Crippen molar-refractivity contribution in [3.8, 4) is 0 Å². The Bertz CT molecular complexity index is 102. The molecule has 0 bridgehead atoms. The SMILES string of the molecule is CCCCN1CC(C)(N)C1. The fourth-order valence-electron chi connectivity index (χ4n) is 1.52. The number of rotatable bonds is 3. The minimum absolute atomic E-state index is 0.119. The van der Waals surface area contributed by atoms with Crippen LogP contribution in [0.1, 0.15) is 26.7 Å². The van der Waals surface area contributed by atoms with Gasteiger partial charge in [-0.2, -0.15) is 0 Å². The maximum atomic E-state index is 5.84. The highest BCUT2D eigenvalue weighted by Crippen LogP contribution is 2.16. The highest BCUT2D eigenvalue weighted by atomic mass is 15.2. The van der Waals surface area contributed by atoms with Crippen molar-refractivity contribution >= 4 is 0 Å². The molecule has 1 saturated heterocycles. The van der Waals surface area contributed by atoms with Gasteiger partial charge in [-0.25, -0.2) is 0 Å². The third-order valence-corrected chi connectivity index (χ3v) is 2.00. The molecule has 0 aromatic carbocycles. The summed E-state index contributed by atoms with van der Waals surface area (Å²) in [5.74, 6) is 0. The van der Waals surface area contributed by atoms with Gasteiger partial charge in [0.1, 0.15) is 0 Å². The Morgan fingerprint density at radius 3 is 2.50 bits per heavy atom. The van der Waals surface area contributed by atoms with Crippen LogP contribution in [0, 0.1) is 0 Å². The molecule has 0 unspecified atom stereocenters. The molecule has 10 heavy (non-hydrogen) atoms. The molecule has 1 heterocycles. The molecule has 0 aromatic rings. The van der Waals surface area contributed by atoms with Crippen molar-refractivity contribution in [2.24, 2.45) is 5.73 Å². The lowest BCUT2D eigenvalue weighted by Gasteiger charge is -2.45. The fourth-order valence-corrected chi connectivity index (χ4v) is 1.52. The van der Waals surface area contributed by atoms with Gasteiger partial charge in [-0.1, -0.05) is 13.3 Å². The first-order chi connectivity index (χ1) is 4.64. The Hall–Kier alpha value is -0.0800. The second kappa shape index (κ2) is 2.89. The van der Waals surface area contributed by atoms with Crippen molar-refractivity contribution in [2.75, 3.05) is 19.6 Å². The third-order valence-electron chi connectivity index (χ3n) is 2.00. The Balaban J connectivity index is 2.03. The van der Waals surface area contributed by atoms with E-state index in [9.17, 15) is 0 Å². The summed E-state index contributed by atoms with van der Waals surface area (Å²) in [6.45, 7) is 7.76. The van der Waals surface area contributed by atoms with E-state index in [1.54, 1.807) is 0 Å². The van der Waals surface area contributed by atoms with E-state index in [4.69, 9.17) is 5.73 Å². The lowest BCUT2D eigenvalue weighted by molar-refractivity contribution is 0.0827. The van der Waals surface area contributed by atoms with Gasteiger partial charge in [-0.3, -0.25) is 4.90 Å². The molecule has 0 atom stereocenters. The molecular weight excluding hydrogens is 124 g/mol. The Labute approximate surface area is 63.4 Å². The second-order valence-electron chi connectivity index (χ2n) is 3.72. The largest absolute Gasteiger partial charge is 0.323 e. The third kappa shape index (κ3) is 1.96. The molecule has 1 fully saturated rings. The lowest BCUT2D eigenvalue weighted by Crippen LogP contribution is -2.65. The second-order valence-corrected chi connectivity index (χ2v) is 3.72. The van der Waals surface area contributed by atoms with Crippen LogP contribution in [0.5, 0.6) is 0 Å². The maximum Gasteiger partial charge on any atom is 0.0383 e. The van der Waals surface area contributed by atoms with Crippen LogP contribution < -0.4 is 5.73 Å². The van der Waals surface area contributed by atoms with E-state index < -0.39 is 0 Å². The average Bonchev–Trinajstić information content (AvgIpc) is 1.78. The van der Waals surface area contributed by atoms with Gasteiger partial charge in [-0.15, -0.1) is 0 Å². The average molecular weight is 142 g/mol. The normalized spacial score (nSPS) is 24.3. The first-order valence-corrected chi connectivity index (χ1v) is 4.15. The zero-order chi connectivity index (χ0) is 7.61. The van der Waals surface area contributed by atoms with Gasteiger partial charge in [0, 0.05) is 18.6 Å². The molecule has 0 aliphatic carbocycles. The van der Waals surface area contributed by atoms with Crippen LogP contribution in [-0.4, -0.2) is 30.1 Å². The van der Waals surface area contributed by atoms with E-state index in [-0.39, 0.29) is 5.54 Å². The van der Waals surface area contributed by atoms with E-state index >= 15 is 0 Å². The summed E-state index contributed by atoms with van der Waals surface area (Å²) in [4.78, 5) is 2.42. The molecule has 2 N–H and O–H groups in total. The van der Waals surface area contributed by atoms with Crippen LogP contribution in [0.2, 0.25) is 0 Å². The van der Waals surface area contributed by atoms with Gasteiger partial charge in [0.15, 0.2) is 0 Å². The number of nitrogens with zero attached hydrogens (tertiary/aromatic N) is 1. The summed E-state index contributed by atoms with van der Waals surface area (Å²) in [7, 11) is 0. The van der Waals surface area contributed by atoms with E-state index in [1.807, 2.05) is 0 Å². The maximum absolute atomic E-state index is 5.84. The van der Waals surface area contributed by atoms with Crippen LogP contribution in [-0.2, 0) is 0 Å². The van der Waals surface area contributed by atoms with Crippen LogP contribution in [0.3, 0.4) is 0 Å². The van der Waals surface area contributed by atoms with Gasteiger partial charge in [-0.05, 0) is 19.9 Å². The summed E-state index contributed by atoms with van der Waals surface area (Å²) in [5.41, 5.74) is 5.96. The summed E-state index contributed by atoms with van der Waals surface area (Å²) >= 11 is 0. The molecule has 60 valence electrons. The predicted molar refractivity (Wildman–Crippen MR) is 43.9 cm³/mol. The highest BCUT2D eigenvalue weighted by molar-refractivity contribution is 4.95. The Morgan fingerprint density at radius 2 is 2.10 bits per heavy atom. The molecule has 0 spiro atoms.